The van der Waals surface area contributed by atoms with Gasteiger partial charge in [0.05, 0.1) is 6.61 Å². The minimum absolute atomic E-state index is 0.453. The smallest absolute Gasteiger partial charge is 0.242 e. The molecule has 1 heterocycles. The molecule has 2 rings (SSSR count). The Morgan fingerprint density at radius 1 is 1.50 bits per heavy atom. The molecule has 0 aliphatic heterocycles. The number of rotatable bonds is 5. The molecule has 100 valence electrons. The second-order valence-electron chi connectivity index (χ2n) is 4.39. The van der Waals surface area contributed by atoms with E-state index in [-0.39, 0.29) is 0 Å². The van der Waals surface area contributed by atoms with Crippen molar-refractivity contribution in [3.05, 3.63) is 6.33 Å². The molecule has 0 aromatic carbocycles. The summed E-state index contributed by atoms with van der Waals surface area (Å²) in [5, 5.41) is 4.15. The topological polar surface area (TPSA) is 73.1 Å². The molecule has 5 nitrogen and oxygen atoms in total. The fourth-order valence-corrected chi connectivity index (χ4v) is 3.02. The van der Waals surface area contributed by atoms with Crippen molar-refractivity contribution in [2.75, 3.05) is 23.9 Å². The van der Waals surface area contributed by atoms with Gasteiger partial charge < -0.3 is 15.8 Å². The summed E-state index contributed by atoms with van der Waals surface area (Å²) < 4.78 is 5.36. The third kappa shape index (κ3) is 2.98. The quantitative estimate of drug-likeness (QED) is 0.852. The van der Waals surface area contributed by atoms with E-state index >= 15 is 0 Å². The Kier molecular flexibility index (Phi) is 4.52. The van der Waals surface area contributed by atoms with Crippen LogP contribution in [0.2, 0.25) is 0 Å². The third-order valence-corrected chi connectivity index (χ3v) is 4.28. The van der Waals surface area contributed by atoms with Gasteiger partial charge in [-0.2, -0.15) is 16.7 Å². The van der Waals surface area contributed by atoms with Crippen LogP contribution in [0.1, 0.15) is 26.2 Å². The maximum atomic E-state index is 6.00. The fraction of sp³-hybridized carbons (Fsp3) is 0.667. The molecule has 1 aromatic rings. The Morgan fingerprint density at radius 3 is 3.00 bits per heavy atom. The molecule has 1 fully saturated rings. The van der Waals surface area contributed by atoms with Crippen molar-refractivity contribution in [2.24, 2.45) is 0 Å². The SMILES string of the molecule is CCOc1ncnc(NC2CCC(SC)C2)c1N. The van der Waals surface area contributed by atoms with E-state index in [1.165, 1.54) is 19.2 Å². The number of hydrogen-bond donors (Lipinski definition) is 2. The van der Waals surface area contributed by atoms with E-state index in [2.05, 4.69) is 21.5 Å². The Morgan fingerprint density at radius 2 is 2.33 bits per heavy atom. The van der Waals surface area contributed by atoms with Gasteiger partial charge in [0.15, 0.2) is 5.82 Å². The number of nitrogen functional groups attached to an aromatic ring is 1. The molecule has 1 aromatic heterocycles. The molecule has 1 aliphatic carbocycles. The van der Waals surface area contributed by atoms with Crippen LogP contribution in [-0.4, -0.2) is 34.1 Å². The molecule has 0 spiro atoms. The van der Waals surface area contributed by atoms with Gasteiger partial charge in [0, 0.05) is 11.3 Å². The number of hydrogen-bond acceptors (Lipinski definition) is 6. The van der Waals surface area contributed by atoms with Crippen LogP contribution in [0.4, 0.5) is 11.5 Å². The predicted octanol–water partition coefficient (Wildman–Crippen LogP) is 2.15. The summed E-state index contributed by atoms with van der Waals surface area (Å²) in [5.74, 6) is 1.16. The highest BCUT2D eigenvalue weighted by atomic mass is 32.2. The van der Waals surface area contributed by atoms with E-state index < -0.39 is 0 Å². The molecule has 1 aliphatic rings. The average molecular weight is 268 g/mol. The van der Waals surface area contributed by atoms with E-state index in [1.54, 1.807) is 0 Å². The highest BCUT2D eigenvalue weighted by Crippen LogP contribution is 2.32. The van der Waals surface area contributed by atoms with E-state index in [0.29, 0.717) is 30.0 Å². The maximum absolute atomic E-state index is 6.00. The summed E-state index contributed by atoms with van der Waals surface area (Å²) in [7, 11) is 0. The number of anilines is 2. The van der Waals surface area contributed by atoms with Crippen molar-refractivity contribution < 1.29 is 4.74 Å². The average Bonchev–Trinajstić information content (AvgIpc) is 2.82. The van der Waals surface area contributed by atoms with Gasteiger partial charge in [-0.15, -0.1) is 0 Å². The number of nitrogens with one attached hydrogen (secondary N) is 1. The summed E-state index contributed by atoms with van der Waals surface area (Å²) >= 11 is 1.93. The molecule has 3 N–H and O–H groups in total. The molecule has 2 unspecified atom stereocenters. The largest absolute Gasteiger partial charge is 0.476 e. The highest BCUT2D eigenvalue weighted by molar-refractivity contribution is 7.99. The lowest BCUT2D eigenvalue weighted by Crippen LogP contribution is -2.18. The lowest BCUT2D eigenvalue weighted by atomic mass is 10.2. The van der Waals surface area contributed by atoms with Crippen molar-refractivity contribution in [2.45, 2.75) is 37.5 Å². The van der Waals surface area contributed by atoms with Crippen LogP contribution in [0.25, 0.3) is 0 Å². The third-order valence-electron chi connectivity index (χ3n) is 3.19. The van der Waals surface area contributed by atoms with Gasteiger partial charge in [0.2, 0.25) is 5.88 Å². The van der Waals surface area contributed by atoms with Gasteiger partial charge >= 0.3 is 0 Å². The monoisotopic (exact) mass is 268 g/mol. The number of thioether (sulfide) groups is 1. The van der Waals surface area contributed by atoms with E-state index in [1.807, 2.05) is 18.7 Å². The number of nitrogens with two attached hydrogens (primary N) is 1. The summed E-state index contributed by atoms with van der Waals surface area (Å²) in [6.07, 6.45) is 7.24. The molecular formula is C12H20N4OS. The van der Waals surface area contributed by atoms with Gasteiger partial charge in [-0.25, -0.2) is 4.98 Å². The van der Waals surface area contributed by atoms with E-state index in [0.717, 1.165) is 11.7 Å². The maximum Gasteiger partial charge on any atom is 0.242 e. The highest BCUT2D eigenvalue weighted by Gasteiger charge is 2.25. The number of aromatic nitrogens is 2. The second kappa shape index (κ2) is 6.13. The second-order valence-corrected chi connectivity index (χ2v) is 5.52. The molecular weight excluding hydrogens is 248 g/mol. The van der Waals surface area contributed by atoms with Gasteiger partial charge in [-0.1, -0.05) is 0 Å². The summed E-state index contributed by atoms with van der Waals surface area (Å²) in [6, 6.07) is 0.453. The molecule has 0 bridgehead atoms. The summed E-state index contributed by atoms with van der Waals surface area (Å²) in [5.41, 5.74) is 6.50. The standard InChI is InChI=1S/C12H20N4OS/c1-3-17-12-10(13)11(14-7-15-12)16-8-4-5-9(6-8)18-2/h7-9H,3-6,13H2,1-2H3,(H,14,15,16). The van der Waals surface area contributed by atoms with Crippen LogP contribution in [0, 0.1) is 0 Å². The Labute approximate surface area is 112 Å². The van der Waals surface area contributed by atoms with Crippen molar-refractivity contribution in [1.29, 1.82) is 0 Å². The molecule has 2 atom stereocenters. The Bertz CT molecular complexity index is 402. The number of ether oxygens (including phenoxy) is 1. The van der Waals surface area contributed by atoms with Crippen molar-refractivity contribution in [1.82, 2.24) is 9.97 Å². The fourth-order valence-electron chi connectivity index (χ4n) is 2.22. The van der Waals surface area contributed by atoms with Gasteiger partial charge in [0.25, 0.3) is 0 Å². The van der Waals surface area contributed by atoms with Crippen LogP contribution in [0.3, 0.4) is 0 Å². The van der Waals surface area contributed by atoms with Gasteiger partial charge in [0.1, 0.15) is 12.0 Å². The van der Waals surface area contributed by atoms with Crippen molar-refractivity contribution in [3.63, 3.8) is 0 Å². The molecule has 0 amide bonds. The van der Waals surface area contributed by atoms with Crippen LogP contribution in [0.5, 0.6) is 5.88 Å². The molecule has 0 saturated heterocycles. The van der Waals surface area contributed by atoms with Crippen LogP contribution in [0.15, 0.2) is 6.33 Å². The lowest BCUT2D eigenvalue weighted by molar-refractivity contribution is 0.328. The van der Waals surface area contributed by atoms with Crippen molar-refractivity contribution in [3.8, 4) is 5.88 Å². The van der Waals surface area contributed by atoms with Gasteiger partial charge in [-0.05, 0) is 32.4 Å². The zero-order valence-corrected chi connectivity index (χ0v) is 11.7. The normalized spacial score (nSPS) is 23.0. The first-order chi connectivity index (χ1) is 8.74. The summed E-state index contributed by atoms with van der Waals surface area (Å²) in [4.78, 5) is 8.23. The number of nitrogens with zero attached hydrogens (tertiary/aromatic N) is 2. The lowest BCUT2D eigenvalue weighted by Gasteiger charge is -2.16. The molecule has 0 radical (unpaired) electrons. The Hall–Kier alpha value is -1.17. The zero-order chi connectivity index (χ0) is 13.0. The van der Waals surface area contributed by atoms with Crippen LogP contribution >= 0.6 is 11.8 Å². The minimum atomic E-state index is 0.453. The zero-order valence-electron chi connectivity index (χ0n) is 10.8. The molecule has 6 heteroatoms. The predicted molar refractivity (Wildman–Crippen MR) is 76.2 cm³/mol. The van der Waals surface area contributed by atoms with Crippen molar-refractivity contribution >= 4 is 23.3 Å². The van der Waals surface area contributed by atoms with E-state index in [9.17, 15) is 0 Å². The molecule has 1 saturated carbocycles. The first-order valence-electron chi connectivity index (χ1n) is 6.27. The first kappa shape index (κ1) is 13.3. The first-order valence-corrected chi connectivity index (χ1v) is 7.56. The van der Waals surface area contributed by atoms with Gasteiger partial charge in [-0.3, -0.25) is 0 Å². The minimum Gasteiger partial charge on any atom is -0.476 e. The summed E-state index contributed by atoms with van der Waals surface area (Å²) in [6.45, 7) is 2.47. The van der Waals surface area contributed by atoms with Crippen LogP contribution < -0.4 is 15.8 Å². The Balaban J connectivity index is 2.03. The molecule has 18 heavy (non-hydrogen) atoms. The van der Waals surface area contributed by atoms with Crippen LogP contribution in [-0.2, 0) is 0 Å². The van der Waals surface area contributed by atoms with E-state index in [4.69, 9.17) is 10.5 Å².